The Kier molecular flexibility index (Phi) is 12.8. The second-order valence-corrected chi connectivity index (χ2v) is 14.5. The van der Waals surface area contributed by atoms with E-state index in [1.807, 2.05) is 56.0 Å². The highest BCUT2D eigenvalue weighted by Crippen LogP contribution is 2.39. The lowest BCUT2D eigenvalue weighted by atomic mass is 9.72. The number of carbonyl (C=O) groups is 3. The van der Waals surface area contributed by atoms with E-state index in [1.165, 1.54) is 12.8 Å². The summed E-state index contributed by atoms with van der Waals surface area (Å²) in [6, 6.07) is 15.8. The molecule has 1 saturated heterocycles. The van der Waals surface area contributed by atoms with Crippen molar-refractivity contribution in [2.75, 3.05) is 26.2 Å². The van der Waals surface area contributed by atoms with Crippen LogP contribution in [0.2, 0.25) is 0 Å². The van der Waals surface area contributed by atoms with E-state index >= 15 is 0 Å². The zero-order chi connectivity index (χ0) is 33.3. The molecular weight excluding hydrogens is 576 g/mol. The largest absolute Gasteiger partial charge is 0.390 e. The summed E-state index contributed by atoms with van der Waals surface area (Å²) >= 11 is 0. The molecule has 0 radical (unpaired) electrons. The van der Waals surface area contributed by atoms with E-state index in [1.54, 1.807) is 24.3 Å². The summed E-state index contributed by atoms with van der Waals surface area (Å²) < 4.78 is 0. The number of nitrogens with one attached hydrogen (secondary N) is 2. The first kappa shape index (κ1) is 35.6. The third kappa shape index (κ3) is 9.88. The number of aliphatic hydroxyl groups excluding tert-OH is 1. The van der Waals surface area contributed by atoms with Gasteiger partial charge in [-0.2, -0.15) is 0 Å². The van der Waals surface area contributed by atoms with Gasteiger partial charge in [0.05, 0.1) is 18.2 Å². The molecule has 1 aliphatic heterocycles. The van der Waals surface area contributed by atoms with E-state index in [2.05, 4.69) is 29.4 Å². The number of benzene rings is 2. The number of nitrogens with zero attached hydrogens (tertiary/aromatic N) is 2. The van der Waals surface area contributed by atoms with E-state index in [4.69, 9.17) is 0 Å². The number of hydrogen-bond acceptors (Lipinski definition) is 5. The van der Waals surface area contributed by atoms with Gasteiger partial charge in [0.1, 0.15) is 0 Å². The molecule has 5 atom stereocenters. The van der Waals surface area contributed by atoms with Gasteiger partial charge in [-0.3, -0.25) is 19.3 Å². The van der Waals surface area contributed by atoms with Gasteiger partial charge in [-0.05, 0) is 88.5 Å². The summed E-state index contributed by atoms with van der Waals surface area (Å²) in [7, 11) is 0. The van der Waals surface area contributed by atoms with Crippen molar-refractivity contribution in [2.45, 2.75) is 110 Å². The van der Waals surface area contributed by atoms with Gasteiger partial charge in [-0.25, -0.2) is 0 Å². The molecule has 0 aromatic heterocycles. The van der Waals surface area contributed by atoms with Crippen LogP contribution in [-0.4, -0.2) is 82.5 Å². The number of amides is 3. The molecular formula is C38H56N4O4. The molecule has 1 heterocycles. The Morgan fingerprint density at radius 3 is 2.24 bits per heavy atom. The van der Waals surface area contributed by atoms with Crippen LogP contribution in [0.15, 0.2) is 54.6 Å². The Bertz CT molecular complexity index is 1290. The molecule has 2 fully saturated rings. The van der Waals surface area contributed by atoms with Crippen molar-refractivity contribution in [3.05, 3.63) is 71.3 Å². The average Bonchev–Trinajstić information content (AvgIpc) is 3.03. The number of carbonyl (C=O) groups excluding carboxylic acids is 3. The molecule has 252 valence electrons. The standard InChI is InChI=1S/C38H56N4O4/c1-6-20-41(21-7-2)37(46)30-19-13-18-29(23-30)35(44)39-32(22-27-14-9-8-10-15-27)34(43)26-42-25-31-17-12-11-16-28(31)24-33(42)36(45)40-38(3,4)5/h8-10,13-15,18-19,23,28,31-34,43H,6-7,11-12,16-17,20-22,24-26H2,1-5H3,(H,39,44)(H,40,45)/t28-,31+,32-,33-,34+/m0/s1. The Morgan fingerprint density at radius 2 is 1.59 bits per heavy atom. The van der Waals surface area contributed by atoms with E-state index in [9.17, 15) is 19.5 Å². The van der Waals surface area contributed by atoms with Crippen molar-refractivity contribution in [3.63, 3.8) is 0 Å². The minimum Gasteiger partial charge on any atom is -0.390 e. The second-order valence-electron chi connectivity index (χ2n) is 14.5. The molecule has 1 saturated carbocycles. The van der Waals surface area contributed by atoms with Crippen LogP contribution in [-0.2, 0) is 11.2 Å². The fraction of sp³-hybridized carbons (Fsp3) is 0.605. The van der Waals surface area contributed by atoms with Crippen LogP contribution in [0.4, 0.5) is 0 Å². The highest BCUT2D eigenvalue weighted by atomic mass is 16.3. The average molecular weight is 633 g/mol. The zero-order valence-corrected chi connectivity index (χ0v) is 28.6. The molecule has 4 rings (SSSR count). The molecule has 2 aromatic rings. The lowest BCUT2D eigenvalue weighted by Crippen LogP contribution is -2.60. The molecule has 8 nitrogen and oxygen atoms in total. The SMILES string of the molecule is CCCN(CCC)C(=O)c1cccc(C(=O)N[C@@H](Cc2ccccc2)[C@H](O)CN2C[C@H]3CCCC[C@H]3C[C@H]2C(=O)NC(C)(C)C)c1. The molecule has 0 spiro atoms. The van der Waals surface area contributed by atoms with Crippen molar-refractivity contribution in [1.29, 1.82) is 0 Å². The van der Waals surface area contributed by atoms with Crippen molar-refractivity contribution in [2.24, 2.45) is 11.8 Å². The van der Waals surface area contributed by atoms with Crippen LogP contribution in [0.1, 0.15) is 106 Å². The molecule has 0 bridgehead atoms. The van der Waals surface area contributed by atoms with Crippen LogP contribution < -0.4 is 10.6 Å². The number of aliphatic hydroxyl groups is 1. The maximum absolute atomic E-state index is 13.7. The predicted octanol–water partition coefficient (Wildman–Crippen LogP) is 5.45. The highest BCUT2D eigenvalue weighted by Gasteiger charge is 2.41. The van der Waals surface area contributed by atoms with E-state index in [0.29, 0.717) is 42.5 Å². The molecule has 2 aliphatic rings. The second kappa shape index (κ2) is 16.6. The van der Waals surface area contributed by atoms with Gasteiger partial charge in [0.25, 0.3) is 11.8 Å². The fourth-order valence-corrected chi connectivity index (χ4v) is 7.23. The van der Waals surface area contributed by atoms with Crippen molar-refractivity contribution < 1.29 is 19.5 Å². The maximum Gasteiger partial charge on any atom is 0.253 e. The summed E-state index contributed by atoms with van der Waals surface area (Å²) in [4.78, 5) is 44.6. The number of fused-ring (bicyclic) bond motifs is 1. The summed E-state index contributed by atoms with van der Waals surface area (Å²) in [6.45, 7) is 12.5. The summed E-state index contributed by atoms with van der Waals surface area (Å²) in [5.74, 6) is 0.638. The first-order chi connectivity index (χ1) is 22.0. The summed E-state index contributed by atoms with van der Waals surface area (Å²) in [5, 5.41) is 18.1. The van der Waals surface area contributed by atoms with Crippen LogP contribution in [0, 0.1) is 11.8 Å². The maximum atomic E-state index is 13.7. The number of piperidine rings is 1. The number of likely N-dealkylation sites (tertiary alicyclic amines) is 1. The zero-order valence-electron chi connectivity index (χ0n) is 28.6. The van der Waals surface area contributed by atoms with Gasteiger partial charge in [-0.1, -0.05) is 69.5 Å². The van der Waals surface area contributed by atoms with Crippen LogP contribution in [0.5, 0.6) is 0 Å². The number of β-amino-alcohol motifs (C(OH)–C–C–N with tert-alkyl or cyclic N) is 1. The van der Waals surface area contributed by atoms with Gasteiger partial charge in [0.2, 0.25) is 5.91 Å². The number of hydrogen-bond donors (Lipinski definition) is 3. The minimum atomic E-state index is -0.913. The predicted molar refractivity (Wildman–Crippen MR) is 184 cm³/mol. The van der Waals surface area contributed by atoms with E-state index < -0.39 is 12.1 Å². The van der Waals surface area contributed by atoms with Crippen LogP contribution in [0.25, 0.3) is 0 Å². The normalized spacial score (nSPS) is 21.5. The van der Waals surface area contributed by atoms with Crippen LogP contribution >= 0.6 is 0 Å². The molecule has 1 aliphatic carbocycles. The van der Waals surface area contributed by atoms with Gasteiger partial charge in [0, 0.05) is 42.8 Å². The Hall–Kier alpha value is -3.23. The first-order valence-corrected chi connectivity index (χ1v) is 17.5. The smallest absolute Gasteiger partial charge is 0.253 e. The fourth-order valence-electron chi connectivity index (χ4n) is 7.23. The summed E-state index contributed by atoms with van der Waals surface area (Å²) in [5.41, 5.74) is 1.51. The third-order valence-corrected chi connectivity index (χ3v) is 9.45. The Morgan fingerprint density at radius 1 is 0.935 bits per heavy atom. The van der Waals surface area contributed by atoms with E-state index in [-0.39, 0.29) is 35.8 Å². The van der Waals surface area contributed by atoms with Gasteiger partial charge in [-0.15, -0.1) is 0 Å². The quantitative estimate of drug-likeness (QED) is 0.273. The molecule has 3 N–H and O–H groups in total. The molecule has 8 heteroatoms. The monoisotopic (exact) mass is 632 g/mol. The minimum absolute atomic E-state index is 0.00837. The molecule has 3 amide bonds. The topological polar surface area (TPSA) is 102 Å². The Balaban J connectivity index is 1.55. The third-order valence-electron chi connectivity index (χ3n) is 9.45. The van der Waals surface area contributed by atoms with Gasteiger partial charge >= 0.3 is 0 Å². The summed E-state index contributed by atoms with van der Waals surface area (Å²) in [6.07, 6.45) is 6.77. The van der Waals surface area contributed by atoms with E-state index in [0.717, 1.165) is 44.2 Å². The lowest BCUT2D eigenvalue weighted by Gasteiger charge is -2.47. The van der Waals surface area contributed by atoms with Crippen molar-refractivity contribution >= 4 is 17.7 Å². The number of rotatable bonds is 13. The van der Waals surface area contributed by atoms with Crippen molar-refractivity contribution in [3.8, 4) is 0 Å². The van der Waals surface area contributed by atoms with Gasteiger partial charge in [0.15, 0.2) is 0 Å². The lowest BCUT2D eigenvalue weighted by molar-refractivity contribution is -0.132. The van der Waals surface area contributed by atoms with Gasteiger partial charge < -0.3 is 20.6 Å². The highest BCUT2D eigenvalue weighted by molar-refractivity contribution is 5.99. The molecule has 46 heavy (non-hydrogen) atoms. The van der Waals surface area contributed by atoms with Crippen molar-refractivity contribution in [1.82, 2.24) is 20.4 Å². The Labute approximate surface area is 276 Å². The first-order valence-electron chi connectivity index (χ1n) is 17.5. The molecule has 2 aromatic carbocycles. The molecule has 0 unspecified atom stereocenters. The van der Waals surface area contributed by atoms with Crippen LogP contribution in [0.3, 0.4) is 0 Å².